The summed E-state index contributed by atoms with van der Waals surface area (Å²) in [5, 5.41) is 0.502. The van der Waals surface area contributed by atoms with Gasteiger partial charge < -0.3 is 14.6 Å². The minimum atomic E-state index is -0.272. The van der Waals surface area contributed by atoms with E-state index in [0.29, 0.717) is 34.3 Å². The van der Waals surface area contributed by atoms with Gasteiger partial charge in [0.05, 0.1) is 23.0 Å². The van der Waals surface area contributed by atoms with Crippen molar-refractivity contribution in [2.75, 3.05) is 6.61 Å². The second kappa shape index (κ2) is 8.47. The van der Waals surface area contributed by atoms with Gasteiger partial charge in [-0.25, -0.2) is 4.98 Å². The SMILES string of the molecule is CC(C)N(Cc1nc2ccccc2c(=O)[nH]1)C(=O)COc1ccccc1C=O. The molecule has 28 heavy (non-hydrogen) atoms. The van der Waals surface area contributed by atoms with E-state index in [2.05, 4.69) is 9.97 Å². The maximum atomic E-state index is 12.7. The molecular weight excluding hydrogens is 358 g/mol. The number of fused-ring (bicyclic) bond motifs is 1. The number of nitrogens with one attached hydrogen (secondary N) is 1. The molecule has 0 saturated heterocycles. The molecule has 0 fully saturated rings. The lowest BCUT2D eigenvalue weighted by Gasteiger charge is -2.26. The number of para-hydroxylation sites is 2. The van der Waals surface area contributed by atoms with Crippen LogP contribution in [0.15, 0.2) is 53.3 Å². The third-order valence-electron chi connectivity index (χ3n) is 4.32. The number of nitrogens with zero attached hydrogens (tertiary/aromatic N) is 2. The molecular formula is C21H21N3O4. The molecule has 144 valence electrons. The van der Waals surface area contributed by atoms with Crippen molar-refractivity contribution in [3.8, 4) is 5.75 Å². The molecule has 3 aromatic rings. The normalized spacial score (nSPS) is 10.8. The van der Waals surface area contributed by atoms with Crippen molar-refractivity contribution in [1.29, 1.82) is 0 Å². The fourth-order valence-electron chi connectivity index (χ4n) is 2.86. The van der Waals surface area contributed by atoms with Crippen LogP contribution in [0.1, 0.15) is 30.0 Å². The zero-order valence-corrected chi connectivity index (χ0v) is 15.7. The number of aromatic nitrogens is 2. The van der Waals surface area contributed by atoms with Gasteiger partial charge in [0, 0.05) is 6.04 Å². The van der Waals surface area contributed by atoms with Gasteiger partial charge in [-0.05, 0) is 38.1 Å². The topological polar surface area (TPSA) is 92.4 Å². The molecule has 0 atom stereocenters. The van der Waals surface area contributed by atoms with Crippen molar-refractivity contribution in [3.63, 3.8) is 0 Å². The summed E-state index contributed by atoms with van der Waals surface area (Å²) in [7, 11) is 0. The first-order chi connectivity index (χ1) is 13.5. The number of amides is 1. The second-order valence-corrected chi connectivity index (χ2v) is 6.59. The zero-order valence-electron chi connectivity index (χ0n) is 15.7. The van der Waals surface area contributed by atoms with E-state index in [-0.39, 0.29) is 30.7 Å². The molecule has 7 heteroatoms. The zero-order chi connectivity index (χ0) is 20.1. The van der Waals surface area contributed by atoms with Crippen LogP contribution in [0, 0.1) is 0 Å². The quantitative estimate of drug-likeness (QED) is 0.637. The average Bonchev–Trinajstić information content (AvgIpc) is 2.70. The van der Waals surface area contributed by atoms with Crippen molar-refractivity contribution in [1.82, 2.24) is 14.9 Å². The molecule has 0 bridgehead atoms. The summed E-state index contributed by atoms with van der Waals surface area (Å²) < 4.78 is 5.54. The van der Waals surface area contributed by atoms with Crippen LogP contribution in [-0.4, -0.2) is 39.7 Å². The summed E-state index contributed by atoms with van der Waals surface area (Å²) in [5.74, 6) is 0.484. The molecule has 0 spiro atoms. The molecule has 0 aliphatic heterocycles. The van der Waals surface area contributed by atoms with Gasteiger partial charge in [-0.15, -0.1) is 0 Å². The van der Waals surface area contributed by atoms with E-state index >= 15 is 0 Å². The minimum Gasteiger partial charge on any atom is -0.483 e. The molecule has 1 heterocycles. The van der Waals surface area contributed by atoms with E-state index in [1.165, 1.54) is 0 Å². The highest BCUT2D eigenvalue weighted by Gasteiger charge is 2.20. The lowest BCUT2D eigenvalue weighted by molar-refractivity contribution is -0.135. The van der Waals surface area contributed by atoms with E-state index in [1.54, 1.807) is 47.4 Å². The molecule has 1 N–H and O–H groups in total. The van der Waals surface area contributed by atoms with Crippen LogP contribution in [0.5, 0.6) is 5.75 Å². The lowest BCUT2D eigenvalue weighted by atomic mass is 10.2. The van der Waals surface area contributed by atoms with Crippen molar-refractivity contribution in [3.05, 3.63) is 70.3 Å². The molecule has 1 amide bonds. The smallest absolute Gasteiger partial charge is 0.261 e. The van der Waals surface area contributed by atoms with Gasteiger partial charge in [-0.3, -0.25) is 14.4 Å². The third kappa shape index (κ3) is 4.25. The highest BCUT2D eigenvalue weighted by molar-refractivity contribution is 5.81. The van der Waals surface area contributed by atoms with Crippen LogP contribution in [0.4, 0.5) is 0 Å². The fraction of sp³-hybridized carbons (Fsp3) is 0.238. The maximum absolute atomic E-state index is 12.7. The molecule has 0 radical (unpaired) electrons. The fourth-order valence-corrected chi connectivity index (χ4v) is 2.86. The van der Waals surface area contributed by atoms with Crippen LogP contribution in [0.2, 0.25) is 0 Å². The predicted octanol–water partition coefficient (Wildman–Crippen LogP) is 2.55. The van der Waals surface area contributed by atoms with Gasteiger partial charge in [-0.2, -0.15) is 0 Å². The van der Waals surface area contributed by atoms with E-state index in [0.717, 1.165) is 0 Å². The maximum Gasteiger partial charge on any atom is 0.261 e. The van der Waals surface area contributed by atoms with Crippen LogP contribution in [0.25, 0.3) is 10.9 Å². The number of H-pyrrole nitrogens is 1. The van der Waals surface area contributed by atoms with Gasteiger partial charge in [0.15, 0.2) is 12.9 Å². The first kappa shape index (κ1) is 19.3. The monoisotopic (exact) mass is 379 g/mol. The van der Waals surface area contributed by atoms with E-state index in [4.69, 9.17) is 4.74 Å². The Bertz CT molecular complexity index is 1060. The largest absolute Gasteiger partial charge is 0.483 e. The van der Waals surface area contributed by atoms with Crippen LogP contribution >= 0.6 is 0 Å². The van der Waals surface area contributed by atoms with E-state index in [1.807, 2.05) is 19.9 Å². The van der Waals surface area contributed by atoms with Gasteiger partial charge in [-0.1, -0.05) is 24.3 Å². The Morgan fingerprint density at radius 1 is 1.18 bits per heavy atom. The number of carbonyl (C=O) groups excluding carboxylic acids is 2. The predicted molar refractivity (Wildman–Crippen MR) is 105 cm³/mol. The van der Waals surface area contributed by atoms with Crippen molar-refractivity contribution >= 4 is 23.1 Å². The first-order valence-electron chi connectivity index (χ1n) is 8.94. The molecule has 0 aliphatic rings. The van der Waals surface area contributed by atoms with Crippen LogP contribution < -0.4 is 10.3 Å². The Labute approximate surface area is 162 Å². The van der Waals surface area contributed by atoms with Crippen LogP contribution in [0.3, 0.4) is 0 Å². The third-order valence-corrected chi connectivity index (χ3v) is 4.32. The minimum absolute atomic E-state index is 0.130. The Balaban J connectivity index is 1.77. The Kier molecular flexibility index (Phi) is 5.84. The van der Waals surface area contributed by atoms with Gasteiger partial charge in [0.25, 0.3) is 11.5 Å². The Morgan fingerprint density at radius 3 is 2.64 bits per heavy atom. The standard InChI is InChI=1S/C21H21N3O4/c1-14(2)24(20(26)13-28-18-10-6-3-7-15(18)12-25)11-19-22-17-9-5-4-8-16(17)21(27)23-19/h3-10,12,14H,11,13H2,1-2H3,(H,22,23,27). The highest BCUT2D eigenvalue weighted by Crippen LogP contribution is 2.16. The summed E-state index contributed by atoms with van der Waals surface area (Å²) in [4.78, 5) is 44.8. The molecule has 3 rings (SSSR count). The average molecular weight is 379 g/mol. The summed E-state index contributed by atoms with van der Waals surface area (Å²) >= 11 is 0. The van der Waals surface area contributed by atoms with Crippen molar-refractivity contribution < 1.29 is 14.3 Å². The van der Waals surface area contributed by atoms with Crippen molar-refractivity contribution in [2.24, 2.45) is 0 Å². The number of benzene rings is 2. The number of hydrogen-bond donors (Lipinski definition) is 1. The summed E-state index contributed by atoms with van der Waals surface area (Å²) in [6.07, 6.45) is 0.684. The Hall–Kier alpha value is -3.48. The second-order valence-electron chi connectivity index (χ2n) is 6.59. The number of carbonyl (C=O) groups is 2. The molecule has 1 aromatic heterocycles. The van der Waals surface area contributed by atoms with Gasteiger partial charge >= 0.3 is 0 Å². The molecule has 0 aliphatic carbocycles. The first-order valence-corrected chi connectivity index (χ1v) is 8.94. The lowest BCUT2D eigenvalue weighted by Crippen LogP contribution is -2.40. The molecule has 2 aromatic carbocycles. The van der Waals surface area contributed by atoms with Gasteiger partial charge in [0.2, 0.25) is 0 Å². The number of ether oxygens (including phenoxy) is 1. The highest BCUT2D eigenvalue weighted by atomic mass is 16.5. The summed E-state index contributed by atoms with van der Waals surface area (Å²) in [5.41, 5.74) is 0.716. The van der Waals surface area contributed by atoms with Gasteiger partial charge in [0.1, 0.15) is 11.6 Å². The van der Waals surface area contributed by atoms with Crippen LogP contribution in [-0.2, 0) is 11.3 Å². The van der Waals surface area contributed by atoms with Crippen molar-refractivity contribution in [2.45, 2.75) is 26.4 Å². The number of aldehydes is 1. The molecule has 0 saturated carbocycles. The van der Waals surface area contributed by atoms with E-state index in [9.17, 15) is 14.4 Å². The van der Waals surface area contributed by atoms with E-state index < -0.39 is 0 Å². The number of hydrogen-bond acceptors (Lipinski definition) is 5. The number of rotatable bonds is 7. The summed E-state index contributed by atoms with van der Waals surface area (Å²) in [6, 6.07) is 13.6. The summed E-state index contributed by atoms with van der Waals surface area (Å²) in [6.45, 7) is 3.67. The molecule has 0 unspecified atom stereocenters. The number of aromatic amines is 1. The Morgan fingerprint density at radius 2 is 1.89 bits per heavy atom. The molecule has 7 nitrogen and oxygen atoms in total.